The molecule has 0 aliphatic carbocycles. The van der Waals surface area contributed by atoms with Crippen LogP contribution in [0.1, 0.15) is 33.6 Å². The van der Waals surface area contributed by atoms with Gasteiger partial charge in [0.1, 0.15) is 0 Å². The lowest BCUT2D eigenvalue weighted by molar-refractivity contribution is 0.222. The van der Waals surface area contributed by atoms with Crippen molar-refractivity contribution in [3.05, 3.63) is 0 Å². The van der Waals surface area contributed by atoms with Gasteiger partial charge in [0.15, 0.2) is 0 Å². The Morgan fingerprint density at radius 2 is 2.17 bits per heavy atom. The standard InChI is InChI=1S/C10H22N2/c1-4-6-12-7-5-9(2)11-8-10(12)3/h9-11H,4-8H2,1-3H3. The molecule has 2 nitrogen and oxygen atoms in total. The van der Waals surface area contributed by atoms with E-state index in [-0.39, 0.29) is 0 Å². The molecule has 1 rings (SSSR count). The summed E-state index contributed by atoms with van der Waals surface area (Å²) in [6.45, 7) is 10.5. The third-order valence-electron chi connectivity index (χ3n) is 2.75. The summed E-state index contributed by atoms with van der Waals surface area (Å²) in [5.41, 5.74) is 0. The number of nitrogens with one attached hydrogen (secondary N) is 1. The first-order valence-electron chi connectivity index (χ1n) is 5.21. The van der Waals surface area contributed by atoms with Crippen LogP contribution in [0.5, 0.6) is 0 Å². The first kappa shape index (κ1) is 10.0. The lowest BCUT2D eigenvalue weighted by Crippen LogP contribution is -2.38. The van der Waals surface area contributed by atoms with Crippen molar-refractivity contribution in [1.29, 1.82) is 0 Å². The zero-order valence-corrected chi connectivity index (χ0v) is 8.64. The van der Waals surface area contributed by atoms with E-state index in [4.69, 9.17) is 0 Å². The SMILES string of the molecule is CCCN1CCC(C)NCC1C. The predicted molar refractivity (Wildman–Crippen MR) is 53.4 cm³/mol. The van der Waals surface area contributed by atoms with Crippen molar-refractivity contribution in [2.24, 2.45) is 0 Å². The smallest absolute Gasteiger partial charge is 0.0192 e. The van der Waals surface area contributed by atoms with E-state index in [2.05, 4.69) is 31.0 Å². The highest BCUT2D eigenvalue weighted by molar-refractivity contribution is 4.77. The molecule has 0 radical (unpaired) electrons. The van der Waals surface area contributed by atoms with Gasteiger partial charge in [0.25, 0.3) is 0 Å². The molecule has 0 bridgehead atoms. The molecule has 2 atom stereocenters. The minimum atomic E-state index is 0.703. The van der Waals surface area contributed by atoms with E-state index >= 15 is 0 Å². The third kappa shape index (κ3) is 2.76. The fourth-order valence-corrected chi connectivity index (χ4v) is 1.80. The maximum atomic E-state index is 3.54. The fourth-order valence-electron chi connectivity index (χ4n) is 1.80. The average Bonchev–Trinajstić information content (AvgIpc) is 2.20. The molecule has 2 heteroatoms. The van der Waals surface area contributed by atoms with E-state index in [0.29, 0.717) is 6.04 Å². The average molecular weight is 170 g/mol. The Balaban J connectivity index is 2.38. The lowest BCUT2D eigenvalue weighted by atomic mass is 10.2. The molecule has 0 aromatic rings. The molecule has 2 unspecified atom stereocenters. The van der Waals surface area contributed by atoms with Crippen LogP contribution in [-0.4, -0.2) is 36.6 Å². The van der Waals surface area contributed by atoms with E-state index < -0.39 is 0 Å². The first-order chi connectivity index (χ1) is 5.74. The van der Waals surface area contributed by atoms with Gasteiger partial charge >= 0.3 is 0 Å². The first-order valence-corrected chi connectivity index (χ1v) is 5.21. The van der Waals surface area contributed by atoms with Gasteiger partial charge in [-0.2, -0.15) is 0 Å². The van der Waals surface area contributed by atoms with Crippen LogP contribution in [0.25, 0.3) is 0 Å². The predicted octanol–water partition coefficient (Wildman–Crippen LogP) is 1.47. The Morgan fingerprint density at radius 1 is 1.42 bits per heavy atom. The summed E-state index contributed by atoms with van der Waals surface area (Å²) in [7, 11) is 0. The van der Waals surface area contributed by atoms with Crippen molar-refractivity contribution in [3.8, 4) is 0 Å². The minimum absolute atomic E-state index is 0.703. The summed E-state index contributed by atoms with van der Waals surface area (Å²) >= 11 is 0. The van der Waals surface area contributed by atoms with Crippen molar-refractivity contribution < 1.29 is 0 Å². The van der Waals surface area contributed by atoms with E-state index in [9.17, 15) is 0 Å². The molecule has 12 heavy (non-hydrogen) atoms. The summed E-state index contributed by atoms with van der Waals surface area (Å²) in [5.74, 6) is 0. The van der Waals surface area contributed by atoms with Crippen molar-refractivity contribution in [1.82, 2.24) is 10.2 Å². The van der Waals surface area contributed by atoms with Gasteiger partial charge in [-0.15, -0.1) is 0 Å². The maximum absolute atomic E-state index is 3.54. The van der Waals surface area contributed by atoms with E-state index in [1.807, 2.05) is 0 Å². The molecular formula is C10H22N2. The second kappa shape index (κ2) is 4.83. The van der Waals surface area contributed by atoms with Crippen LogP contribution in [0.2, 0.25) is 0 Å². The second-order valence-electron chi connectivity index (χ2n) is 3.98. The largest absolute Gasteiger partial charge is 0.313 e. The molecule has 1 saturated heterocycles. The van der Waals surface area contributed by atoms with Crippen molar-refractivity contribution in [2.45, 2.75) is 45.7 Å². The van der Waals surface area contributed by atoms with Crippen LogP contribution in [-0.2, 0) is 0 Å². The van der Waals surface area contributed by atoms with Gasteiger partial charge in [0.05, 0.1) is 0 Å². The lowest BCUT2D eigenvalue weighted by Gasteiger charge is -2.25. The van der Waals surface area contributed by atoms with E-state index in [1.54, 1.807) is 0 Å². The summed E-state index contributed by atoms with van der Waals surface area (Å²) in [6.07, 6.45) is 2.57. The van der Waals surface area contributed by atoms with E-state index in [1.165, 1.54) is 25.9 Å². The third-order valence-corrected chi connectivity index (χ3v) is 2.75. The van der Waals surface area contributed by atoms with Crippen LogP contribution in [0.3, 0.4) is 0 Å². The van der Waals surface area contributed by atoms with Gasteiger partial charge in [-0.3, -0.25) is 4.90 Å². The summed E-state index contributed by atoms with van der Waals surface area (Å²) < 4.78 is 0. The Bertz CT molecular complexity index is 125. The molecule has 1 heterocycles. The van der Waals surface area contributed by atoms with Gasteiger partial charge in [-0.25, -0.2) is 0 Å². The molecule has 0 saturated carbocycles. The monoisotopic (exact) mass is 170 g/mol. The molecule has 0 aromatic heterocycles. The highest BCUT2D eigenvalue weighted by atomic mass is 15.2. The Labute approximate surface area is 76.3 Å². The van der Waals surface area contributed by atoms with Crippen molar-refractivity contribution in [3.63, 3.8) is 0 Å². The molecule has 1 aliphatic rings. The van der Waals surface area contributed by atoms with Gasteiger partial charge in [-0.1, -0.05) is 6.92 Å². The molecule has 72 valence electrons. The molecule has 0 aromatic carbocycles. The van der Waals surface area contributed by atoms with Crippen LogP contribution in [0, 0.1) is 0 Å². The quantitative estimate of drug-likeness (QED) is 0.675. The fraction of sp³-hybridized carbons (Fsp3) is 1.00. The highest BCUT2D eigenvalue weighted by Crippen LogP contribution is 2.07. The van der Waals surface area contributed by atoms with Gasteiger partial charge in [0.2, 0.25) is 0 Å². The van der Waals surface area contributed by atoms with E-state index in [0.717, 1.165) is 12.6 Å². The van der Waals surface area contributed by atoms with Crippen LogP contribution < -0.4 is 5.32 Å². The zero-order chi connectivity index (χ0) is 8.97. The normalized spacial score (nSPS) is 33.2. The minimum Gasteiger partial charge on any atom is -0.313 e. The van der Waals surface area contributed by atoms with Gasteiger partial charge in [-0.05, 0) is 39.8 Å². The number of hydrogen-bond donors (Lipinski definition) is 1. The van der Waals surface area contributed by atoms with Crippen LogP contribution in [0.15, 0.2) is 0 Å². The molecule has 1 fully saturated rings. The Kier molecular flexibility index (Phi) is 4.02. The molecule has 1 N–H and O–H groups in total. The summed E-state index contributed by atoms with van der Waals surface area (Å²) in [6, 6.07) is 1.42. The summed E-state index contributed by atoms with van der Waals surface area (Å²) in [5, 5.41) is 3.54. The molecule has 0 spiro atoms. The summed E-state index contributed by atoms with van der Waals surface area (Å²) in [4.78, 5) is 2.59. The van der Waals surface area contributed by atoms with Gasteiger partial charge < -0.3 is 5.32 Å². The Morgan fingerprint density at radius 3 is 2.83 bits per heavy atom. The number of rotatable bonds is 2. The maximum Gasteiger partial charge on any atom is 0.0192 e. The number of hydrogen-bond acceptors (Lipinski definition) is 2. The van der Waals surface area contributed by atoms with Crippen LogP contribution in [0.4, 0.5) is 0 Å². The molecular weight excluding hydrogens is 148 g/mol. The highest BCUT2D eigenvalue weighted by Gasteiger charge is 2.18. The topological polar surface area (TPSA) is 15.3 Å². The zero-order valence-electron chi connectivity index (χ0n) is 8.64. The van der Waals surface area contributed by atoms with Crippen molar-refractivity contribution >= 4 is 0 Å². The number of nitrogens with zero attached hydrogens (tertiary/aromatic N) is 1. The van der Waals surface area contributed by atoms with Crippen LogP contribution >= 0.6 is 0 Å². The van der Waals surface area contributed by atoms with Gasteiger partial charge in [0, 0.05) is 18.6 Å². The molecule has 0 amide bonds. The molecule has 1 aliphatic heterocycles. The Hall–Kier alpha value is -0.0800. The van der Waals surface area contributed by atoms with Crippen molar-refractivity contribution in [2.75, 3.05) is 19.6 Å². The second-order valence-corrected chi connectivity index (χ2v) is 3.98.